The first-order chi connectivity index (χ1) is 5.25. The quantitative estimate of drug-likeness (QED) is 0.684. The Morgan fingerprint density at radius 2 is 2.36 bits per heavy atom. The summed E-state index contributed by atoms with van der Waals surface area (Å²) < 4.78 is 0. The van der Waals surface area contributed by atoms with Gasteiger partial charge in [0.15, 0.2) is 0 Å². The molecule has 1 atom stereocenters. The molecular formula is C8H12N2S. The van der Waals surface area contributed by atoms with Crippen LogP contribution in [0, 0.1) is 0 Å². The van der Waals surface area contributed by atoms with E-state index in [1.54, 1.807) is 6.33 Å². The molecule has 0 aliphatic heterocycles. The molecule has 1 aromatic heterocycles. The number of rotatable bonds is 2. The van der Waals surface area contributed by atoms with Crippen LogP contribution in [-0.2, 0) is 6.42 Å². The van der Waals surface area contributed by atoms with E-state index in [-0.39, 0.29) is 5.25 Å². The molecule has 0 radical (unpaired) electrons. The SMILES string of the molecule is CCc1cncnc1C(C)S. The molecule has 0 spiro atoms. The summed E-state index contributed by atoms with van der Waals surface area (Å²) in [5.74, 6) is 0. The first-order valence-electron chi connectivity index (χ1n) is 3.72. The summed E-state index contributed by atoms with van der Waals surface area (Å²) in [7, 11) is 0. The molecule has 0 N–H and O–H groups in total. The number of aromatic nitrogens is 2. The Hall–Kier alpha value is -0.570. The van der Waals surface area contributed by atoms with Gasteiger partial charge in [-0.05, 0) is 18.9 Å². The molecule has 0 aromatic carbocycles. The molecule has 0 aliphatic carbocycles. The number of thiol groups is 1. The van der Waals surface area contributed by atoms with Crippen molar-refractivity contribution >= 4 is 12.6 Å². The van der Waals surface area contributed by atoms with Crippen LogP contribution in [0.3, 0.4) is 0 Å². The monoisotopic (exact) mass is 168 g/mol. The van der Waals surface area contributed by atoms with E-state index in [4.69, 9.17) is 0 Å². The highest BCUT2D eigenvalue weighted by molar-refractivity contribution is 7.80. The van der Waals surface area contributed by atoms with Gasteiger partial charge < -0.3 is 0 Å². The molecule has 1 heterocycles. The van der Waals surface area contributed by atoms with Crippen LogP contribution in [0.2, 0.25) is 0 Å². The molecule has 0 amide bonds. The van der Waals surface area contributed by atoms with Gasteiger partial charge in [-0.1, -0.05) is 6.92 Å². The Kier molecular flexibility index (Phi) is 2.88. The largest absolute Gasteiger partial charge is 0.245 e. The summed E-state index contributed by atoms with van der Waals surface area (Å²) in [6.45, 7) is 4.11. The van der Waals surface area contributed by atoms with Crippen molar-refractivity contribution in [2.75, 3.05) is 0 Å². The molecule has 0 fully saturated rings. The summed E-state index contributed by atoms with van der Waals surface area (Å²) in [6, 6.07) is 0. The van der Waals surface area contributed by atoms with E-state index in [9.17, 15) is 0 Å². The summed E-state index contributed by atoms with van der Waals surface area (Å²) >= 11 is 4.32. The fourth-order valence-electron chi connectivity index (χ4n) is 1.02. The molecule has 2 nitrogen and oxygen atoms in total. The van der Waals surface area contributed by atoms with Gasteiger partial charge >= 0.3 is 0 Å². The molecular weight excluding hydrogens is 156 g/mol. The second kappa shape index (κ2) is 3.72. The van der Waals surface area contributed by atoms with E-state index < -0.39 is 0 Å². The third kappa shape index (κ3) is 1.93. The van der Waals surface area contributed by atoms with Crippen LogP contribution < -0.4 is 0 Å². The van der Waals surface area contributed by atoms with Gasteiger partial charge in [0.2, 0.25) is 0 Å². The minimum atomic E-state index is 0.202. The second-order valence-corrected chi connectivity index (χ2v) is 3.24. The van der Waals surface area contributed by atoms with Crippen LogP contribution in [0.4, 0.5) is 0 Å². The van der Waals surface area contributed by atoms with Crippen molar-refractivity contribution in [1.82, 2.24) is 9.97 Å². The van der Waals surface area contributed by atoms with Gasteiger partial charge in [0.05, 0.1) is 5.69 Å². The van der Waals surface area contributed by atoms with Gasteiger partial charge in [-0.3, -0.25) is 0 Å². The maximum atomic E-state index is 4.32. The third-order valence-electron chi connectivity index (χ3n) is 1.60. The first kappa shape index (κ1) is 8.53. The lowest BCUT2D eigenvalue weighted by atomic mass is 10.1. The van der Waals surface area contributed by atoms with Crippen LogP contribution >= 0.6 is 12.6 Å². The van der Waals surface area contributed by atoms with Gasteiger partial charge in [-0.2, -0.15) is 12.6 Å². The van der Waals surface area contributed by atoms with Gasteiger partial charge in [0, 0.05) is 11.4 Å². The first-order valence-corrected chi connectivity index (χ1v) is 4.24. The van der Waals surface area contributed by atoms with E-state index in [2.05, 4.69) is 29.5 Å². The normalized spacial score (nSPS) is 13.0. The Bertz CT molecular complexity index is 235. The highest BCUT2D eigenvalue weighted by Crippen LogP contribution is 2.19. The van der Waals surface area contributed by atoms with Gasteiger partial charge in [0.25, 0.3) is 0 Å². The number of hydrogen-bond donors (Lipinski definition) is 1. The Morgan fingerprint density at radius 1 is 1.64 bits per heavy atom. The van der Waals surface area contributed by atoms with Crippen molar-refractivity contribution in [3.8, 4) is 0 Å². The summed E-state index contributed by atoms with van der Waals surface area (Å²) in [4.78, 5) is 8.12. The zero-order chi connectivity index (χ0) is 8.27. The van der Waals surface area contributed by atoms with Crippen molar-refractivity contribution in [2.24, 2.45) is 0 Å². The van der Waals surface area contributed by atoms with E-state index in [1.807, 2.05) is 13.1 Å². The maximum absolute atomic E-state index is 4.32. The van der Waals surface area contributed by atoms with Crippen LogP contribution in [0.5, 0.6) is 0 Å². The average Bonchev–Trinajstić information content (AvgIpc) is 2.04. The smallest absolute Gasteiger partial charge is 0.115 e. The minimum Gasteiger partial charge on any atom is -0.245 e. The lowest BCUT2D eigenvalue weighted by molar-refractivity contribution is 0.919. The third-order valence-corrected chi connectivity index (χ3v) is 1.84. The molecule has 0 bridgehead atoms. The zero-order valence-corrected chi connectivity index (χ0v) is 7.68. The fraction of sp³-hybridized carbons (Fsp3) is 0.500. The maximum Gasteiger partial charge on any atom is 0.115 e. The van der Waals surface area contributed by atoms with Crippen molar-refractivity contribution < 1.29 is 0 Å². The Morgan fingerprint density at radius 3 is 2.82 bits per heavy atom. The van der Waals surface area contributed by atoms with E-state index >= 15 is 0 Å². The van der Waals surface area contributed by atoms with Crippen molar-refractivity contribution in [3.05, 3.63) is 23.8 Å². The fourth-order valence-corrected chi connectivity index (χ4v) is 1.25. The molecule has 0 aliphatic rings. The molecule has 1 aromatic rings. The summed E-state index contributed by atoms with van der Waals surface area (Å²) in [5.41, 5.74) is 2.24. The minimum absolute atomic E-state index is 0.202. The van der Waals surface area contributed by atoms with Crippen LogP contribution in [0.15, 0.2) is 12.5 Å². The lowest BCUT2D eigenvalue weighted by Crippen LogP contribution is -1.97. The highest BCUT2D eigenvalue weighted by Gasteiger charge is 2.05. The van der Waals surface area contributed by atoms with E-state index in [0.717, 1.165) is 12.1 Å². The standard InChI is InChI=1S/C8H12N2S/c1-3-7-4-9-5-10-8(7)6(2)11/h4-6,11H,3H2,1-2H3. The molecule has 11 heavy (non-hydrogen) atoms. The molecule has 3 heteroatoms. The van der Waals surface area contributed by atoms with Crippen molar-refractivity contribution in [3.63, 3.8) is 0 Å². The zero-order valence-electron chi connectivity index (χ0n) is 6.78. The van der Waals surface area contributed by atoms with Crippen LogP contribution in [0.25, 0.3) is 0 Å². The number of nitrogens with zero attached hydrogens (tertiary/aromatic N) is 2. The molecule has 0 saturated carbocycles. The summed E-state index contributed by atoms with van der Waals surface area (Å²) in [5, 5.41) is 0.202. The predicted octanol–water partition coefficient (Wildman–Crippen LogP) is 2.03. The lowest BCUT2D eigenvalue weighted by Gasteiger charge is -2.06. The molecule has 1 rings (SSSR count). The van der Waals surface area contributed by atoms with Gasteiger partial charge in [0.1, 0.15) is 6.33 Å². The van der Waals surface area contributed by atoms with E-state index in [1.165, 1.54) is 5.56 Å². The van der Waals surface area contributed by atoms with Gasteiger partial charge in [-0.15, -0.1) is 0 Å². The highest BCUT2D eigenvalue weighted by atomic mass is 32.1. The number of aryl methyl sites for hydroxylation is 1. The van der Waals surface area contributed by atoms with Crippen LogP contribution in [0.1, 0.15) is 30.4 Å². The van der Waals surface area contributed by atoms with Crippen molar-refractivity contribution in [1.29, 1.82) is 0 Å². The summed E-state index contributed by atoms with van der Waals surface area (Å²) in [6.07, 6.45) is 4.40. The Balaban J connectivity index is 3.02. The average molecular weight is 168 g/mol. The molecule has 60 valence electrons. The Labute approximate surface area is 72.5 Å². The predicted molar refractivity (Wildman–Crippen MR) is 48.8 cm³/mol. The second-order valence-electron chi connectivity index (χ2n) is 2.46. The number of hydrogen-bond acceptors (Lipinski definition) is 3. The van der Waals surface area contributed by atoms with E-state index in [0.29, 0.717) is 0 Å². The molecule has 1 unspecified atom stereocenters. The van der Waals surface area contributed by atoms with Crippen molar-refractivity contribution in [2.45, 2.75) is 25.5 Å². The topological polar surface area (TPSA) is 25.8 Å². The van der Waals surface area contributed by atoms with Crippen LogP contribution in [-0.4, -0.2) is 9.97 Å². The molecule has 0 saturated heterocycles. The van der Waals surface area contributed by atoms with Gasteiger partial charge in [-0.25, -0.2) is 9.97 Å².